The number of halogens is 1. The number of para-hydroxylation sites is 1. The van der Waals surface area contributed by atoms with E-state index < -0.39 is 42.8 Å². The second-order valence-corrected chi connectivity index (χ2v) is 12.7. The van der Waals surface area contributed by atoms with Crippen molar-refractivity contribution < 1.29 is 37.5 Å². The lowest BCUT2D eigenvalue weighted by Crippen LogP contribution is -2.41. The van der Waals surface area contributed by atoms with Crippen LogP contribution in [0.4, 0.5) is 10.3 Å². The molecule has 6 atom stereocenters. The Labute approximate surface area is 235 Å². The van der Waals surface area contributed by atoms with Crippen molar-refractivity contribution in [1.82, 2.24) is 24.6 Å². The Kier molecular flexibility index (Phi) is 8.93. The highest BCUT2D eigenvalue weighted by molar-refractivity contribution is 8.09. The molecule has 1 aliphatic rings. The van der Waals surface area contributed by atoms with Crippen molar-refractivity contribution in [2.24, 2.45) is 0 Å². The minimum absolute atomic E-state index is 0.107. The number of aliphatic hydroxyl groups is 1. The van der Waals surface area contributed by atoms with E-state index in [0.29, 0.717) is 5.75 Å². The number of methoxy groups -OCH3 is 1. The molecule has 2 aromatic heterocycles. The highest BCUT2D eigenvalue weighted by atomic mass is 32.5. The van der Waals surface area contributed by atoms with Crippen LogP contribution in [0.1, 0.15) is 33.9 Å². The van der Waals surface area contributed by atoms with Crippen molar-refractivity contribution in [1.29, 1.82) is 0 Å². The molecule has 16 heteroatoms. The van der Waals surface area contributed by atoms with E-state index in [4.69, 9.17) is 40.8 Å². The molecule has 1 fully saturated rings. The third-order valence-electron chi connectivity index (χ3n) is 6.00. The minimum Gasteiger partial charge on any atom is -0.479 e. The van der Waals surface area contributed by atoms with Crippen LogP contribution in [0.5, 0.6) is 11.6 Å². The first-order chi connectivity index (χ1) is 18.8. The molecule has 4 rings (SSSR count). The predicted octanol–water partition coefficient (Wildman–Crippen LogP) is 2.65. The van der Waals surface area contributed by atoms with Gasteiger partial charge in [0.2, 0.25) is 11.8 Å². The third-order valence-corrected chi connectivity index (χ3v) is 8.50. The summed E-state index contributed by atoms with van der Waals surface area (Å²) in [5.74, 6) is -0.170. The fourth-order valence-electron chi connectivity index (χ4n) is 4.08. The van der Waals surface area contributed by atoms with Crippen molar-refractivity contribution in [3.8, 4) is 11.6 Å². The highest BCUT2D eigenvalue weighted by Crippen LogP contribution is 2.48. The second kappa shape index (κ2) is 11.9. The predicted molar refractivity (Wildman–Crippen MR) is 147 cm³/mol. The van der Waals surface area contributed by atoms with Gasteiger partial charge in [-0.1, -0.05) is 18.2 Å². The second-order valence-electron chi connectivity index (χ2n) is 9.57. The van der Waals surface area contributed by atoms with Crippen LogP contribution in [0.25, 0.3) is 11.2 Å². The summed E-state index contributed by atoms with van der Waals surface area (Å²) in [7, 11) is 1.39. The van der Waals surface area contributed by atoms with Gasteiger partial charge < -0.3 is 34.1 Å². The zero-order chi connectivity index (χ0) is 29.2. The number of benzene rings is 1. The maximum atomic E-state index is 16.0. The fraction of sp³-hybridized carbons (Fsp3) is 0.500. The van der Waals surface area contributed by atoms with E-state index in [9.17, 15) is 9.90 Å². The Morgan fingerprint density at radius 1 is 1.32 bits per heavy atom. The lowest BCUT2D eigenvalue weighted by molar-refractivity contribution is -0.149. The number of esters is 1. The number of fused-ring (bicyclic) bond motifs is 1. The summed E-state index contributed by atoms with van der Waals surface area (Å²) >= 11 is 5.69. The number of aromatic nitrogens is 4. The number of imidazole rings is 1. The molecule has 4 N–H and O–H groups in total. The summed E-state index contributed by atoms with van der Waals surface area (Å²) in [5, 5.41) is 13.8. The van der Waals surface area contributed by atoms with Gasteiger partial charge in [0.1, 0.15) is 24.0 Å². The first kappa shape index (κ1) is 30.0. The number of nitrogen functional groups attached to an aromatic ring is 1. The van der Waals surface area contributed by atoms with Gasteiger partial charge in [0.05, 0.1) is 26.1 Å². The van der Waals surface area contributed by atoms with E-state index in [1.807, 2.05) is 0 Å². The lowest BCUT2D eigenvalue weighted by atomic mass is 9.98. The number of nitrogens with two attached hydrogens (primary N) is 1. The van der Waals surface area contributed by atoms with Crippen LogP contribution >= 0.6 is 6.64 Å². The molecule has 1 aliphatic heterocycles. The molecule has 0 amide bonds. The van der Waals surface area contributed by atoms with E-state index in [1.54, 1.807) is 51.1 Å². The number of carbonyl (C=O) groups excluding carboxylic acids is 1. The number of rotatable bonds is 11. The van der Waals surface area contributed by atoms with Gasteiger partial charge in [-0.3, -0.25) is 9.36 Å². The summed E-state index contributed by atoms with van der Waals surface area (Å²) in [4.78, 5) is 24.8. The van der Waals surface area contributed by atoms with Gasteiger partial charge in [0.15, 0.2) is 23.1 Å². The molecule has 0 aliphatic carbocycles. The van der Waals surface area contributed by atoms with Crippen LogP contribution in [0.2, 0.25) is 0 Å². The third kappa shape index (κ3) is 6.35. The molecule has 0 radical (unpaired) electrons. The number of alkyl halides is 1. The molecule has 0 spiro atoms. The van der Waals surface area contributed by atoms with E-state index in [0.717, 1.165) is 0 Å². The Balaban J connectivity index is 1.56. The molecular formula is C24H32FN6O7PS. The zero-order valence-corrected chi connectivity index (χ0v) is 24.3. The normalized spacial score (nSPS) is 25.1. The number of ether oxygens (including phenoxy) is 3. The molecule has 1 aromatic carbocycles. The van der Waals surface area contributed by atoms with Crippen LogP contribution in [-0.2, 0) is 30.6 Å². The molecule has 13 nitrogen and oxygen atoms in total. The van der Waals surface area contributed by atoms with Gasteiger partial charge in [-0.15, -0.1) is 0 Å². The molecule has 40 heavy (non-hydrogen) atoms. The van der Waals surface area contributed by atoms with Crippen molar-refractivity contribution in [3.63, 3.8) is 0 Å². The lowest BCUT2D eigenvalue weighted by Gasteiger charge is -2.28. The Morgan fingerprint density at radius 3 is 2.67 bits per heavy atom. The molecule has 218 valence electrons. The van der Waals surface area contributed by atoms with Crippen LogP contribution in [0.15, 0.2) is 36.7 Å². The zero-order valence-electron chi connectivity index (χ0n) is 22.6. The quantitative estimate of drug-likeness (QED) is 0.218. The van der Waals surface area contributed by atoms with Gasteiger partial charge in [0.25, 0.3) is 0 Å². The number of anilines is 1. The maximum absolute atomic E-state index is 16.0. The number of hydrogen-bond donors (Lipinski definition) is 3. The van der Waals surface area contributed by atoms with E-state index >= 15 is 4.39 Å². The first-order valence-corrected chi connectivity index (χ1v) is 15.0. The molecule has 1 saturated heterocycles. The average Bonchev–Trinajstić information content (AvgIpc) is 3.40. The van der Waals surface area contributed by atoms with Crippen LogP contribution in [-0.4, -0.2) is 74.3 Å². The average molecular weight is 599 g/mol. The summed E-state index contributed by atoms with van der Waals surface area (Å²) < 4.78 is 45.6. The fourth-order valence-corrected chi connectivity index (χ4v) is 6.49. The summed E-state index contributed by atoms with van der Waals surface area (Å²) in [5.41, 5.74) is 3.88. The molecule has 0 bridgehead atoms. The maximum Gasteiger partial charge on any atom is 0.323 e. The van der Waals surface area contributed by atoms with Gasteiger partial charge in [-0.2, -0.15) is 9.97 Å². The van der Waals surface area contributed by atoms with Crippen LogP contribution in [0, 0.1) is 0 Å². The number of aliphatic hydroxyl groups excluding tert-OH is 1. The first-order valence-electron chi connectivity index (χ1n) is 12.4. The monoisotopic (exact) mass is 598 g/mol. The summed E-state index contributed by atoms with van der Waals surface area (Å²) in [6.07, 6.45) is -3.22. The van der Waals surface area contributed by atoms with Crippen molar-refractivity contribution in [3.05, 3.63) is 36.7 Å². The highest BCUT2D eigenvalue weighted by Gasteiger charge is 2.56. The Bertz CT molecular complexity index is 1390. The van der Waals surface area contributed by atoms with Crippen molar-refractivity contribution in [2.75, 3.05) is 19.5 Å². The number of nitrogens with zero attached hydrogens (tertiary/aromatic N) is 4. The smallest absolute Gasteiger partial charge is 0.323 e. The van der Waals surface area contributed by atoms with Crippen molar-refractivity contribution >= 4 is 41.5 Å². The topological polar surface area (TPSA) is 165 Å². The minimum atomic E-state index is -3.46. The molecule has 3 heterocycles. The van der Waals surface area contributed by atoms with Crippen LogP contribution in [0.3, 0.4) is 0 Å². The molecule has 3 aromatic rings. The Hall–Kier alpha value is -2.94. The number of carbonyl (C=O) groups is 1. The van der Waals surface area contributed by atoms with E-state index in [1.165, 1.54) is 24.9 Å². The standard InChI is InChI=1S/C24H32FN6O7PS/c1-13(2)36-21(33)14(3)30-39(40,38-15-9-7-6-8-10-15)35-11-16-18(32)24(4,25)22(37-16)31-12-27-17-19(31)28-23(26)29-20(17)34-5/h6-10,12-14,16,18,22,32H,11H2,1-5H3,(H,30,40)(H2,26,28,29)/t14-,16+,18+,22+,24+,39?/m0/s1. The largest absolute Gasteiger partial charge is 0.479 e. The van der Waals surface area contributed by atoms with E-state index in [-0.39, 0.29) is 35.7 Å². The van der Waals surface area contributed by atoms with Crippen molar-refractivity contribution in [2.45, 2.75) is 63.9 Å². The van der Waals surface area contributed by atoms with Gasteiger partial charge in [0, 0.05) is 0 Å². The molecular weight excluding hydrogens is 566 g/mol. The summed E-state index contributed by atoms with van der Waals surface area (Å²) in [6.45, 7) is 2.37. The summed E-state index contributed by atoms with van der Waals surface area (Å²) in [6, 6.07) is 7.74. The van der Waals surface area contributed by atoms with Gasteiger partial charge in [-0.25, -0.2) is 14.5 Å². The number of nitrogens with one attached hydrogen (secondary N) is 1. The Morgan fingerprint density at radius 2 is 2.02 bits per heavy atom. The van der Waals surface area contributed by atoms with Gasteiger partial charge >= 0.3 is 12.6 Å². The van der Waals surface area contributed by atoms with Crippen LogP contribution < -0.4 is 20.1 Å². The number of hydrogen-bond acceptors (Lipinski definition) is 12. The van der Waals surface area contributed by atoms with E-state index in [2.05, 4.69) is 20.0 Å². The SMILES string of the molecule is COc1nc(N)nc2c1ncn2[C@@H]1O[C@H](COP(=S)(N[C@@H](C)C(=O)OC(C)C)Oc2ccccc2)[C@@H](O)[C@@]1(C)F. The molecule has 0 saturated carbocycles. The van der Waals surface area contributed by atoms with Gasteiger partial charge in [-0.05, 0) is 51.6 Å². The molecule has 1 unspecified atom stereocenters.